The largest absolute Gasteiger partial charge is 0.509 e. The van der Waals surface area contributed by atoms with Crippen LogP contribution in [0.15, 0.2) is 0 Å². The molecule has 0 aliphatic heterocycles. The van der Waals surface area contributed by atoms with Gasteiger partial charge in [-0.2, -0.15) is 13.2 Å². The average molecular weight is 306 g/mol. The molecule has 0 spiro atoms. The maximum absolute atomic E-state index is 12.2. The van der Waals surface area contributed by atoms with Gasteiger partial charge in [-0.05, 0) is 12.8 Å². The lowest BCUT2D eigenvalue weighted by Gasteiger charge is -2.08. The quantitative estimate of drug-likeness (QED) is 0.310. The topological polar surface area (TPSA) is 105 Å². The van der Waals surface area contributed by atoms with Gasteiger partial charge in [0.2, 0.25) is 0 Å². The van der Waals surface area contributed by atoms with Crippen molar-refractivity contribution < 1.29 is 34.8 Å². The van der Waals surface area contributed by atoms with Crippen LogP contribution in [0.3, 0.4) is 0 Å². The minimum Gasteiger partial charge on any atom is -0.359 e. The van der Waals surface area contributed by atoms with E-state index in [0.29, 0.717) is 12.8 Å². The number of hydrogen-bond acceptors (Lipinski definition) is 4. The lowest BCUT2D eigenvalue weighted by atomic mass is 10.4. The predicted molar refractivity (Wildman–Crippen MR) is 54.8 cm³/mol. The first-order valence-corrected chi connectivity index (χ1v) is 7.85. The fourth-order valence-electron chi connectivity index (χ4n) is 1.70. The maximum Gasteiger partial charge on any atom is 0.509 e. The van der Waals surface area contributed by atoms with E-state index >= 15 is 0 Å². The Morgan fingerprint density at radius 1 is 1.11 bits per heavy atom. The Kier molecular flexibility index (Phi) is 3.89. The minimum absolute atomic E-state index is 0.0503. The summed E-state index contributed by atoms with van der Waals surface area (Å²) in [7, 11) is -11.0. The fraction of sp³-hybridized carbons (Fsp3) is 0.857. The molecule has 0 aromatic rings. The Hall–Kier alpha value is -0.930. The third-order valence-electron chi connectivity index (χ3n) is 2.60. The van der Waals surface area contributed by atoms with Crippen LogP contribution in [0.2, 0.25) is 0 Å². The zero-order valence-electron chi connectivity index (χ0n) is 8.88. The normalized spacial score (nSPS) is 18.6. The molecule has 0 unspecified atom stereocenters. The molecule has 0 atom stereocenters. The molecule has 18 heavy (non-hydrogen) atoms. The number of rotatable bonds is 1. The van der Waals surface area contributed by atoms with Gasteiger partial charge in [0.05, 0.1) is 5.25 Å². The van der Waals surface area contributed by atoms with Crippen molar-refractivity contribution in [2.24, 2.45) is 0 Å². The monoisotopic (exact) mass is 306 g/mol. The summed E-state index contributed by atoms with van der Waals surface area (Å²) in [4.78, 5) is 1.86. The van der Waals surface area contributed by atoms with E-state index in [1.807, 2.05) is 4.79 Å². The van der Waals surface area contributed by atoms with Crippen molar-refractivity contribution in [2.75, 3.05) is 0 Å². The van der Waals surface area contributed by atoms with Gasteiger partial charge in [-0.1, -0.05) is 12.8 Å². The zero-order chi connectivity index (χ0) is 14.2. The van der Waals surface area contributed by atoms with Crippen LogP contribution >= 0.6 is 0 Å². The van der Waals surface area contributed by atoms with E-state index in [1.165, 1.54) is 0 Å². The Balaban J connectivity index is 3.34. The van der Waals surface area contributed by atoms with Crippen molar-refractivity contribution in [2.45, 2.75) is 36.4 Å². The fourth-order valence-corrected chi connectivity index (χ4v) is 5.28. The van der Waals surface area contributed by atoms with E-state index in [-0.39, 0.29) is 12.8 Å². The predicted octanol–water partition coefficient (Wildman–Crippen LogP) is 0.864. The summed E-state index contributed by atoms with van der Waals surface area (Å²) in [5.74, 6) is 0. The van der Waals surface area contributed by atoms with Crippen LogP contribution in [0.4, 0.5) is 13.2 Å². The summed E-state index contributed by atoms with van der Waals surface area (Å²) < 4.78 is 79.9. The van der Waals surface area contributed by atoms with Crippen LogP contribution in [-0.4, -0.2) is 36.8 Å². The Morgan fingerprint density at radius 3 is 1.89 bits per heavy atom. The van der Waals surface area contributed by atoms with Crippen molar-refractivity contribution in [1.29, 1.82) is 0 Å². The van der Waals surface area contributed by atoms with Gasteiger partial charge >= 0.3 is 19.7 Å². The highest BCUT2D eigenvalue weighted by Crippen LogP contribution is 2.31. The van der Waals surface area contributed by atoms with Gasteiger partial charge in [-0.25, -0.2) is 16.8 Å². The number of sulfone groups is 2. The SMILES string of the molecule is [N-]=[N+]=C(S(=O)(=O)C1CCCC1)S(=O)(=O)C(F)(F)F. The molecule has 0 heterocycles. The Bertz CT molecular complexity index is 581. The second-order valence-corrected chi connectivity index (χ2v) is 8.02. The van der Waals surface area contributed by atoms with E-state index < -0.39 is 34.8 Å². The van der Waals surface area contributed by atoms with Crippen LogP contribution in [0, 0.1) is 0 Å². The molecule has 0 aromatic heterocycles. The lowest BCUT2D eigenvalue weighted by Crippen LogP contribution is -2.40. The molecule has 6 nitrogen and oxygen atoms in total. The second-order valence-electron chi connectivity index (χ2n) is 3.77. The van der Waals surface area contributed by atoms with Crippen LogP contribution < -0.4 is 0 Å². The summed E-state index contributed by atoms with van der Waals surface area (Å²) in [6.07, 6.45) is 1.03. The van der Waals surface area contributed by atoms with Crippen molar-refractivity contribution in [1.82, 2.24) is 0 Å². The summed E-state index contributed by atoms with van der Waals surface area (Å²) in [6, 6.07) is 0. The van der Waals surface area contributed by atoms with E-state index in [1.54, 1.807) is 0 Å². The lowest BCUT2D eigenvalue weighted by molar-refractivity contribution is -0.0447. The Labute approximate surface area is 101 Å². The molecule has 0 aromatic carbocycles. The molecule has 0 N–H and O–H groups in total. The van der Waals surface area contributed by atoms with Crippen LogP contribution in [-0.2, 0) is 19.7 Å². The summed E-state index contributed by atoms with van der Waals surface area (Å²) in [5.41, 5.74) is 2.53. The van der Waals surface area contributed by atoms with E-state index in [2.05, 4.69) is 0 Å². The van der Waals surface area contributed by atoms with Crippen LogP contribution in [0.5, 0.6) is 0 Å². The number of nitrogens with zero attached hydrogens (tertiary/aromatic N) is 2. The van der Waals surface area contributed by atoms with Crippen molar-refractivity contribution in [3.8, 4) is 0 Å². The molecule has 11 heteroatoms. The number of halogens is 3. The first-order chi connectivity index (χ1) is 8.05. The van der Waals surface area contributed by atoms with Gasteiger partial charge < -0.3 is 5.53 Å². The van der Waals surface area contributed by atoms with Gasteiger partial charge in [-0.15, -0.1) is 4.79 Å². The second kappa shape index (κ2) is 4.63. The molecule has 1 aliphatic carbocycles. The van der Waals surface area contributed by atoms with Gasteiger partial charge in [0.1, 0.15) is 0 Å². The number of alkyl halides is 3. The van der Waals surface area contributed by atoms with Gasteiger partial charge in [0.15, 0.2) is 0 Å². The highest BCUT2D eigenvalue weighted by molar-refractivity contribution is 8.31. The molecule has 0 amide bonds. The summed E-state index contributed by atoms with van der Waals surface area (Å²) in [6.45, 7) is 0. The number of hydrogen-bond donors (Lipinski definition) is 0. The minimum atomic E-state index is -6.17. The highest BCUT2D eigenvalue weighted by atomic mass is 32.3. The molecule has 0 bridgehead atoms. The van der Waals surface area contributed by atoms with E-state index in [4.69, 9.17) is 5.53 Å². The van der Waals surface area contributed by atoms with Crippen molar-refractivity contribution >= 4 is 24.1 Å². The van der Waals surface area contributed by atoms with Crippen molar-refractivity contribution in [3.05, 3.63) is 5.53 Å². The molecule has 0 saturated heterocycles. The van der Waals surface area contributed by atoms with E-state index in [9.17, 15) is 30.0 Å². The van der Waals surface area contributed by atoms with E-state index in [0.717, 1.165) is 0 Å². The molecular weight excluding hydrogens is 297 g/mol. The Morgan fingerprint density at radius 2 is 1.56 bits per heavy atom. The molecule has 1 fully saturated rings. The third kappa shape index (κ3) is 2.43. The summed E-state index contributed by atoms with van der Waals surface area (Å²) in [5, 5.41) is -1.25. The molecule has 1 rings (SSSR count). The smallest absolute Gasteiger partial charge is 0.359 e. The molecule has 1 saturated carbocycles. The molecule has 104 valence electrons. The molecular formula is C7H9F3N2O4S2. The first-order valence-electron chi connectivity index (χ1n) is 4.82. The standard InChI is InChI=1S/C7H9F3N2O4S2/c8-7(9,10)18(15,16)6(12-11)17(13,14)5-3-1-2-4-5/h5H,1-4H2. The first kappa shape index (κ1) is 15.1. The molecule has 1 aliphatic rings. The van der Waals surface area contributed by atoms with Gasteiger partial charge in [0, 0.05) is 0 Å². The molecule has 0 radical (unpaired) electrons. The van der Waals surface area contributed by atoms with Crippen LogP contribution in [0.1, 0.15) is 25.7 Å². The summed E-state index contributed by atoms with van der Waals surface area (Å²) >= 11 is 0. The third-order valence-corrected chi connectivity index (χ3v) is 7.02. The van der Waals surface area contributed by atoms with Crippen LogP contribution in [0.25, 0.3) is 5.53 Å². The van der Waals surface area contributed by atoms with Gasteiger partial charge in [-0.3, -0.25) is 0 Å². The highest BCUT2D eigenvalue weighted by Gasteiger charge is 2.61. The van der Waals surface area contributed by atoms with Gasteiger partial charge in [0.25, 0.3) is 9.84 Å². The van der Waals surface area contributed by atoms with Crippen molar-refractivity contribution in [3.63, 3.8) is 0 Å². The maximum atomic E-state index is 12.2. The average Bonchev–Trinajstić information content (AvgIpc) is 2.68. The zero-order valence-corrected chi connectivity index (χ0v) is 10.5.